The Bertz CT molecular complexity index is 344. The minimum Gasteiger partial charge on any atom is -0.367 e. The molecule has 1 rings (SSSR count). The Morgan fingerprint density at radius 3 is 2.57 bits per heavy atom. The molecule has 2 nitrogen and oxygen atoms in total. The van der Waals surface area contributed by atoms with Crippen molar-refractivity contribution in [1.29, 1.82) is 0 Å². The lowest BCUT2D eigenvalue weighted by Gasteiger charge is -2.20. The molecular weight excluding hydrogens is 174 g/mol. The maximum atomic E-state index is 11.0. The first-order valence-corrected chi connectivity index (χ1v) is 4.79. The van der Waals surface area contributed by atoms with E-state index < -0.39 is 0 Å². The third-order valence-electron chi connectivity index (χ3n) is 2.45. The van der Waals surface area contributed by atoms with Gasteiger partial charge in [-0.2, -0.15) is 0 Å². The first-order valence-electron chi connectivity index (χ1n) is 4.79. The molecule has 14 heavy (non-hydrogen) atoms. The molecule has 0 aliphatic rings. The van der Waals surface area contributed by atoms with Gasteiger partial charge in [-0.05, 0) is 38.0 Å². The van der Waals surface area contributed by atoms with E-state index in [0.29, 0.717) is 6.54 Å². The molecular formula is C12H17NO. The third kappa shape index (κ3) is 2.34. The van der Waals surface area contributed by atoms with E-state index in [1.54, 1.807) is 6.92 Å². The number of benzene rings is 1. The smallest absolute Gasteiger partial charge is 0.149 e. The van der Waals surface area contributed by atoms with Gasteiger partial charge in [-0.1, -0.05) is 12.1 Å². The standard InChI is InChI=1S/C12H17NO/c1-9-6-5-7-12(11(9)3)13(4)8-10(2)14/h5-7H,8H2,1-4H3. The van der Waals surface area contributed by atoms with Crippen molar-refractivity contribution < 1.29 is 4.79 Å². The Morgan fingerprint density at radius 1 is 1.36 bits per heavy atom. The van der Waals surface area contributed by atoms with Gasteiger partial charge in [0.1, 0.15) is 5.78 Å². The lowest BCUT2D eigenvalue weighted by atomic mass is 10.1. The molecule has 2 heteroatoms. The van der Waals surface area contributed by atoms with Gasteiger partial charge < -0.3 is 4.90 Å². The number of rotatable bonds is 3. The molecule has 0 unspecified atom stereocenters. The fraction of sp³-hybridized carbons (Fsp3) is 0.417. The van der Waals surface area contributed by atoms with Crippen LogP contribution in [-0.4, -0.2) is 19.4 Å². The van der Waals surface area contributed by atoms with Crippen molar-refractivity contribution in [3.8, 4) is 0 Å². The molecule has 0 radical (unpaired) electrons. The van der Waals surface area contributed by atoms with Crippen molar-refractivity contribution in [3.63, 3.8) is 0 Å². The van der Waals surface area contributed by atoms with E-state index in [-0.39, 0.29) is 5.78 Å². The Kier molecular flexibility index (Phi) is 3.28. The lowest BCUT2D eigenvalue weighted by molar-refractivity contribution is -0.115. The molecule has 1 aromatic carbocycles. The number of aryl methyl sites for hydroxylation is 1. The molecule has 0 aliphatic carbocycles. The fourth-order valence-corrected chi connectivity index (χ4v) is 1.57. The average molecular weight is 191 g/mol. The van der Waals surface area contributed by atoms with Crippen LogP contribution < -0.4 is 4.90 Å². The number of nitrogens with zero attached hydrogens (tertiary/aromatic N) is 1. The summed E-state index contributed by atoms with van der Waals surface area (Å²) in [4.78, 5) is 13.0. The summed E-state index contributed by atoms with van der Waals surface area (Å²) < 4.78 is 0. The van der Waals surface area contributed by atoms with Crippen LogP contribution in [0.3, 0.4) is 0 Å². The van der Waals surface area contributed by atoms with E-state index in [2.05, 4.69) is 19.9 Å². The van der Waals surface area contributed by atoms with E-state index in [9.17, 15) is 4.79 Å². The number of ketones is 1. The molecule has 76 valence electrons. The van der Waals surface area contributed by atoms with Gasteiger partial charge in [0.15, 0.2) is 0 Å². The second kappa shape index (κ2) is 4.27. The minimum absolute atomic E-state index is 0.188. The van der Waals surface area contributed by atoms with Crippen molar-refractivity contribution >= 4 is 11.5 Å². The SMILES string of the molecule is CC(=O)CN(C)c1cccc(C)c1C. The Morgan fingerprint density at radius 2 is 2.00 bits per heavy atom. The summed E-state index contributed by atoms with van der Waals surface area (Å²) in [5.41, 5.74) is 3.65. The molecule has 1 aromatic rings. The highest BCUT2D eigenvalue weighted by Crippen LogP contribution is 2.21. The number of carbonyl (C=O) groups excluding carboxylic acids is 1. The van der Waals surface area contributed by atoms with Crippen LogP contribution in [-0.2, 0) is 4.79 Å². The number of hydrogen-bond donors (Lipinski definition) is 0. The first-order chi connectivity index (χ1) is 6.52. The lowest BCUT2D eigenvalue weighted by Crippen LogP contribution is -2.24. The van der Waals surface area contributed by atoms with E-state index in [1.165, 1.54) is 11.1 Å². The Labute approximate surface area is 85.5 Å². The molecule has 0 aromatic heterocycles. The number of Topliss-reactive ketones (excluding diaryl/α,β-unsaturated/α-hetero) is 1. The van der Waals surface area contributed by atoms with Gasteiger partial charge in [0, 0.05) is 12.7 Å². The third-order valence-corrected chi connectivity index (χ3v) is 2.45. The van der Waals surface area contributed by atoms with Crippen LogP contribution in [0.2, 0.25) is 0 Å². The summed E-state index contributed by atoms with van der Waals surface area (Å²) in [6.45, 7) is 6.26. The summed E-state index contributed by atoms with van der Waals surface area (Å²) in [6, 6.07) is 6.15. The normalized spacial score (nSPS) is 10.0. The van der Waals surface area contributed by atoms with Gasteiger partial charge in [-0.25, -0.2) is 0 Å². The maximum absolute atomic E-state index is 11.0. The number of likely N-dealkylation sites (N-methyl/N-ethyl adjacent to an activating group) is 1. The molecule has 0 fully saturated rings. The molecule has 0 heterocycles. The monoisotopic (exact) mass is 191 g/mol. The van der Waals surface area contributed by atoms with Crippen LogP contribution in [0.25, 0.3) is 0 Å². The van der Waals surface area contributed by atoms with Crippen molar-refractivity contribution in [3.05, 3.63) is 29.3 Å². The van der Waals surface area contributed by atoms with Crippen LogP contribution in [0, 0.1) is 13.8 Å². The van der Waals surface area contributed by atoms with Crippen LogP contribution in [0.5, 0.6) is 0 Å². The average Bonchev–Trinajstić information content (AvgIpc) is 2.08. The zero-order valence-corrected chi connectivity index (χ0v) is 9.29. The molecule has 0 N–H and O–H groups in total. The van der Waals surface area contributed by atoms with Crippen molar-refractivity contribution in [2.45, 2.75) is 20.8 Å². The summed E-state index contributed by atoms with van der Waals surface area (Å²) in [5, 5.41) is 0. The highest BCUT2D eigenvalue weighted by Gasteiger charge is 2.07. The molecule has 0 aliphatic heterocycles. The second-order valence-electron chi connectivity index (χ2n) is 3.78. The molecule has 0 spiro atoms. The van der Waals surface area contributed by atoms with E-state index in [4.69, 9.17) is 0 Å². The van der Waals surface area contributed by atoms with E-state index in [1.807, 2.05) is 24.1 Å². The van der Waals surface area contributed by atoms with Crippen LogP contribution >= 0.6 is 0 Å². The number of carbonyl (C=O) groups is 1. The van der Waals surface area contributed by atoms with Gasteiger partial charge in [0.2, 0.25) is 0 Å². The minimum atomic E-state index is 0.188. The summed E-state index contributed by atoms with van der Waals surface area (Å²) in [5.74, 6) is 0.188. The topological polar surface area (TPSA) is 20.3 Å². The number of anilines is 1. The molecule has 0 atom stereocenters. The predicted molar refractivity (Wildman–Crippen MR) is 59.9 cm³/mol. The number of hydrogen-bond acceptors (Lipinski definition) is 2. The zero-order chi connectivity index (χ0) is 10.7. The van der Waals surface area contributed by atoms with Gasteiger partial charge >= 0.3 is 0 Å². The summed E-state index contributed by atoms with van der Waals surface area (Å²) >= 11 is 0. The van der Waals surface area contributed by atoms with Crippen LogP contribution in [0.1, 0.15) is 18.1 Å². The molecule has 0 amide bonds. The maximum Gasteiger partial charge on any atom is 0.149 e. The van der Waals surface area contributed by atoms with Crippen molar-refractivity contribution in [2.75, 3.05) is 18.5 Å². The zero-order valence-electron chi connectivity index (χ0n) is 9.29. The molecule has 0 saturated carbocycles. The van der Waals surface area contributed by atoms with E-state index in [0.717, 1.165) is 5.69 Å². The van der Waals surface area contributed by atoms with Gasteiger partial charge in [0.25, 0.3) is 0 Å². The van der Waals surface area contributed by atoms with Gasteiger partial charge in [-0.3, -0.25) is 4.79 Å². The summed E-state index contributed by atoms with van der Waals surface area (Å²) in [6.07, 6.45) is 0. The van der Waals surface area contributed by atoms with E-state index >= 15 is 0 Å². The fourth-order valence-electron chi connectivity index (χ4n) is 1.57. The molecule has 0 bridgehead atoms. The quantitative estimate of drug-likeness (QED) is 0.730. The van der Waals surface area contributed by atoms with Crippen LogP contribution in [0.4, 0.5) is 5.69 Å². The van der Waals surface area contributed by atoms with Gasteiger partial charge in [-0.15, -0.1) is 0 Å². The first kappa shape index (κ1) is 10.8. The highest BCUT2D eigenvalue weighted by atomic mass is 16.1. The second-order valence-corrected chi connectivity index (χ2v) is 3.78. The van der Waals surface area contributed by atoms with Crippen LogP contribution in [0.15, 0.2) is 18.2 Å². The predicted octanol–water partition coefficient (Wildman–Crippen LogP) is 2.33. The van der Waals surface area contributed by atoms with Crippen molar-refractivity contribution in [2.24, 2.45) is 0 Å². The Balaban J connectivity index is 2.95. The summed E-state index contributed by atoms with van der Waals surface area (Å²) in [7, 11) is 1.95. The Hall–Kier alpha value is -1.31. The van der Waals surface area contributed by atoms with Gasteiger partial charge in [0.05, 0.1) is 6.54 Å². The van der Waals surface area contributed by atoms with Crippen molar-refractivity contribution in [1.82, 2.24) is 0 Å². The highest BCUT2D eigenvalue weighted by molar-refractivity contribution is 5.81. The largest absolute Gasteiger partial charge is 0.367 e. The molecule has 0 saturated heterocycles.